The van der Waals surface area contributed by atoms with E-state index in [4.69, 9.17) is 5.73 Å². The third-order valence-corrected chi connectivity index (χ3v) is 10.8. The maximum Gasteiger partial charge on any atom is 0.0107 e. The first-order valence-electron chi connectivity index (χ1n) is 21.5. The van der Waals surface area contributed by atoms with Gasteiger partial charge in [-0.25, -0.2) is 0 Å². The van der Waals surface area contributed by atoms with E-state index in [0.717, 1.165) is 25.6 Å². The molecular weight excluding hydrogens is 546 g/mol. The lowest BCUT2D eigenvalue weighted by Gasteiger charge is -2.22. The Morgan fingerprint density at radius 3 is 1.24 bits per heavy atom. The minimum absolute atomic E-state index is 0.750. The summed E-state index contributed by atoms with van der Waals surface area (Å²) in [5.74, 6) is 1.02. The fraction of sp³-hybridized carbons (Fsp3) is 1.00. The molecule has 0 heterocycles. The Labute approximate surface area is 285 Å². The second-order valence-corrected chi connectivity index (χ2v) is 15.2. The van der Waals surface area contributed by atoms with Crippen LogP contribution in [0.15, 0.2) is 0 Å². The Bertz CT molecular complexity index is 522. The summed E-state index contributed by atoms with van der Waals surface area (Å²) >= 11 is 0. The molecule has 3 nitrogen and oxygen atoms in total. The molecule has 0 unspecified atom stereocenters. The molecule has 0 spiro atoms. The van der Waals surface area contributed by atoms with E-state index >= 15 is 0 Å². The average Bonchev–Trinajstić information content (AvgIpc) is 3.06. The molecule has 0 aromatic heterocycles. The molecule has 0 aromatic rings. The van der Waals surface area contributed by atoms with Crippen molar-refractivity contribution in [3.8, 4) is 0 Å². The lowest BCUT2D eigenvalue weighted by molar-refractivity contribution is 0.260. The number of nitrogens with one attached hydrogen (secondary N) is 1. The van der Waals surface area contributed by atoms with Crippen LogP contribution in [0, 0.1) is 5.92 Å². The third kappa shape index (κ3) is 32.2. The number of hydrogen-bond donors (Lipinski definition) is 2. The fourth-order valence-corrected chi connectivity index (χ4v) is 7.70. The topological polar surface area (TPSA) is 41.3 Å². The Morgan fingerprint density at radius 2 is 0.822 bits per heavy atom. The quantitative estimate of drug-likeness (QED) is 0.0842. The smallest absolute Gasteiger partial charge is 0.0107 e. The molecular formula is C42H87N3. The van der Waals surface area contributed by atoms with Gasteiger partial charge in [0.15, 0.2) is 0 Å². The Kier molecular flexibility index (Phi) is 35.0. The first-order chi connectivity index (χ1) is 22.4. The highest BCUT2D eigenvalue weighted by atomic mass is 15.1. The van der Waals surface area contributed by atoms with Crippen LogP contribution in [0.5, 0.6) is 0 Å². The first-order valence-corrected chi connectivity index (χ1v) is 21.5. The van der Waals surface area contributed by atoms with Crippen molar-refractivity contribution in [1.82, 2.24) is 10.2 Å². The fourth-order valence-electron chi connectivity index (χ4n) is 7.70. The lowest BCUT2D eigenvalue weighted by atomic mass is 9.89. The van der Waals surface area contributed by atoms with Gasteiger partial charge in [0.05, 0.1) is 0 Å². The molecule has 1 aliphatic carbocycles. The van der Waals surface area contributed by atoms with Crippen LogP contribution in [-0.4, -0.2) is 44.2 Å². The second kappa shape index (κ2) is 36.7. The molecule has 1 aliphatic rings. The molecule has 270 valence electrons. The number of rotatable bonds is 28. The van der Waals surface area contributed by atoms with Crippen molar-refractivity contribution >= 4 is 0 Å². The Hall–Kier alpha value is -0.120. The van der Waals surface area contributed by atoms with Gasteiger partial charge in [-0.05, 0) is 31.8 Å². The maximum absolute atomic E-state index is 5.70. The summed E-state index contributed by atoms with van der Waals surface area (Å²) < 4.78 is 0. The van der Waals surface area contributed by atoms with Crippen molar-refractivity contribution in [2.24, 2.45) is 11.7 Å². The van der Waals surface area contributed by atoms with Crippen LogP contribution in [0.4, 0.5) is 0 Å². The van der Waals surface area contributed by atoms with Crippen LogP contribution in [0.2, 0.25) is 0 Å². The van der Waals surface area contributed by atoms with Crippen molar-refractivity contribution in [1.29, 1.82) is 0 Å². The van der Waals surface area contributed by atoms with Gasteiger partial charge in [-0.3, -0.25) is 0 Å². The van der Waals surface area contributed by atoms with Crippen LogP contribution < -0.4 is 11.1 Å². The van der Waals surface area contributed by atoms with E-state index in [1.165, 1.54) is 238 Å². The van der Waals surface area contributed by atoms with Gasteiger partial charge in [0.2, 0.25) is 0 Å². The van der Waals surface area contributed by atoms with Crippen molar-refractivity contribution < 1.29 is 0 Å². The zero-order valence-corrected chi connectivity index (χ0v) is 31.4. The molecule has 3 N–H and O–H groups in total. The predicted molar refractivity (Wildman–Crippen MR) is 205 cm³/mol. The number of hydrogen-bond acceptors (Lipinski definition) is 3. The zero-order valence-electron chi connectivity index (χ0n) is 31.4. The molecule has 1 fully saturated rings. The summed E-state index contributed by atoms with van der Waals surface area (Å²) in [6.45, 7) is 8.89. The van der Waals surface area contributed by atoms with Crippen LogP contribution in [0.25, 0.3) is 0 Å². The summed E-state index contributed by atoms with van der Waals surface area (Å²) in [7, 11) is 0. The standard InChI is InChI=1S/C42H87N3/c1-2-3-4-5-6-7-8-9-12-15-18-21-26-31-39-45(41-38-44-37-36-43)40-32-27-22-25-30-35-42-33-28-23-19-16-13-10-11-14-17-20-24-29-34-42/h42,44H,2-41,43H2,1H3. The van der Waals surface area contributed by atoms with E-state index < -0.39 is 0 Å². The zero-order chi connectivity index (χ0) is 32.1. The molecule has 0 aliphatic heterocycles. The minimum Gasteiger partial charge on any atom is -0.329 e. The summed E-state index contributed by atoms with van der Waals surface area (Å²) in [4.78, 5) is 2.75. The summed E-state index contributed by atoms with van der Waals surface area (Å²) in [6, 6.07) is 0. The SMILES string of the molecule is CCCCCCCCCCCCCCCCN(CCCCCCCC1CCCCCCCCCCCCCC1)CCNCCN. The maximum atomic E-state index is 5.70. The molecule has 0 amide bonds. The highest BCUT2D eigenvalue weighted by molar-refractivity contribution is 4.64. The van der Waals surface area contributed by atoms with Gasteiger partial charge >= 0.3 is 0 Å². The average molecular weight is 634 g/mol. The summed E-state index contributed by atoms with van der Waals surface area (Å²) in [5.41, 5.74) is 5.70. The van der Waals surface area contributed by atoms with E-state index in [1.807, 2.05) is 0 Å². The molecule has 0 bridgehead atoms. The molecule has 1 saturated carbocycles. The van der Waals surface area contributed by atoms with Crippen LogP contribution >= 0.6 is 0 Å². The Morgan fingerprint density at radius 1 is 0.444 bits per heavy atom. The number of nitrogens with zero attached hydrogens (tertiary/aromatic N) is 1. The van der Waals surface area contributed by atoms with Gasteiger partial charge in [-0.1, -0.05) is 212 Å². The predicted octanol–water partition coefficient (Wildman–Crippen LogP) is 12.7. The molecule has 0 atom stereocenters. The van der Waals surface area contributed by atoms with Gasteiger partial charge < -0.3 is 16.0 Å². The van der Waals surface area contributed by atoms with E-state index in [-0.39, 0.29) is 0 Å². The van der Waals surface area contributed by atoms with Gasteiger partial charge in [-0.15, -0.1) is 0 Å². The number of unbranched alkanes of at least 4 members (excludes halogenated alkanes) is 17. The highest BCUT2D eigenvalue weighted by Crippen LogP contribution is 2.25. The summed E-state index contributed by atoms with van der Waals surface area (Å²) in [5, 5.41) is 3.53. The molecule has 0 aromatic carbocycles. The third-order valence-electron chi connectivity index (χ3n) is 10.8. The van der Waals surface area contributed by atoms with E-state index in [2.05, 4.69) is 17.1 Å². The normalized spacial score (nSPS) is 16.6. The van der Waals surface area contributed by atoms with Crippen molar-refractivity contribution in [3.05, 3.63) is 0 Å². The highest BCUT2D eigenvalue weighted by Gasteiger charge is 2.10. The van der Waals surface area contributed by atoms with Crippen molar-refractivity contribution in [3.63, 3.8) is 0 Å². The van der Waals surface area contributed by atoms with Gasteiger partial charge in [-0.2, -0.15) is 0 Å². The van der Waals surface area contributed by atoms with Gasteiger partial charge in [0, 0.05) is 26.2 Å². The van der Waals surface area contributed by atoms with Crippen molar-refractivity contribution in [2.75, 3.05) is 39.3 Å². The minimum atomic E-state index is 0.750. The molecule has 0 saturated heterocycles. The largest absolute Gasteiger partial charge is 0.329 e. The van der Waals surface area contributed by atoms with E-state index in [9.17, 15) is 0 Å². The van der Waals surface area contributed by atoms with Crippen molar-refractivity contribution in [2.45, 2.75) is 225 Å². The van der Waals surface area contributed by atoms with Crippen LogP contribution in [0.1, 0.15) is 225 Å². The first kappa shape index (κ1) is 42.9. The lowest BCUT2D eigenvalue weighted by Crippen LogP contribution is -2.35. The monoisotopic (exact) mass is 634 g/mol. The molecule has 1 rings (SSSR count). The van der Waals surface area contributed by atoms with E-state index in [0.29, 0.717) is 0 Å². The van der Waals surface area contributed by atoms with E-state index in [1.54, 1.807) is 0 Å². The van der Waals surface area contributed by atoms with Crippen LogP contribution in [-0.2, 0) is 0 Å². The molecule has 3 heteroatoms. The molecule has 0 radical (unpaired) electrons. The van der Waals surface area contributed by atoms with Gasteiger partial charge in [0.25, 0.3) is 0 Å². The molecule has 45 heavy (non-hydrogen) atoms. The number of nitrogens with two attached hydrogens (primary N) is 1. The summed E-state index contributed by atoms with van der Waals surface area (Å²) in [6.07, 6.45) is 49.9. The second-order valence-electron chi connectivity index (χ2n) is 15.2. The Balaban J connectivity index is 2.11. The van der Waals surface area contributed by atoms with Gasteiger partial charge in [0.1, 0.15) is 0 Å². The van der Waals surface area contributed by atoms with Crippen LogP contribution in [0.3, 0.4) is 0 Å².